The molecule has 0 aliphatic carbocycles. The molecule has 46 heavy (non-hydrogen) atoms. The highest BCUT2D eigenvalue weighted by Crippen LogP contribution is 2.41. The molecule has 2 aromatic carbocycles. The number of nitrogens with one attached hydrogen (secondary N) is 2. The Morgan fingerprint density at radius 3 is 2.52 bits per heavy atom. The van der Waals surface area contributed by atoms with Crippen molar-refractivity contribution in [2.45, 2.75) is 39.3 Å². The first-order valence-electron chi connectivity index (χ1n) is 14.8. The Hall–Kier alpha value is -4.51. The van der Waals surface area contributed by atoms with Gasteiger partial charge >= 0.3 is 6.03 Å². The molecule has 0 radical (unpaired) electrons. The minimum absolute atomic E-state index is 0.0751. The average Bonchev–Trinajstić information content (AvgIpc) is 3.37. The third-order valence-electron chi connectivity index (χ3n) is 7.63. The van der Waals surface area contributed by atoms with E-state index in [4.69, 9.17) is 18.9 Å². The lowest BCUT2D eigenvalue weighted by molar-refractivity contribution is -0.0974. The molecule has 1 aliphatic heterocycles. The Morgan fingerprint density at radius 1 is 1.15 bits per heavy atom. The van der Waals surface area contributed by atoms with E-state index in [0.29, 0.717) is 59.8 Å². The number of pyridine rings is 1. The summed E-state index contributed by atoms with van der Waals surface area (Å²) in [6, 6.07) is 11.1. The number of methoxy groups -OCH3 is 1. The van der Waals surface area contributed by atoms with Crippen LogP contribution >= 0.6 is 0 Å². The van der Waals surface area contributed by atoms with E-state index in [-0.39, 0.29) is 23.6 Å². The summed E-state index contributed by atoms with van der Waals surface area (Å²) in [7, 11) is 0.185. The van der Waals surface area contributed by atoms with Gasteiger partial charge in [-0.05, 0) is 30.3 Å². The number of nitrogens with zero attached hydrogens (tertiary/aromatic N) is 3. The molecule has 0 unspecified atom stereocenters. The van der Waals surface area contributed by atoms with Crippen LogP contribution in [0.25, 0.3) is 22.2 Å². The number of nitriles is 1. The van der Waals surface area contributed by atoms with Crippen LogP contribution in [0.2, 0.25) is 25.7 Å². The second-order valence-corrected chi connectivity index (χ2v) is 18.5. The minimum Gasteiger partial charge on any atom is -0.497 e. The molecule has 0 bridgehead atoms. The van der Waals surface area contributed by atoms with Crippen LogP contribution in [0.5, 0.6) is 17.2 Å². The highest BCUT2D eigenvalue weighted by atomic mass is 28.3. The number of carbonyl (C=O) groups is 1. The SMILES string of the molecule is COc1ccc(-c2cn(COCC[Si](C)(C)C)c3nccc(Oc4c(F)cc(NC(=O)NCC5(C)COC5)cc4F)c23)c(C#N)c1. The Labute approximate surface area is 267 Å². The third-order valence-corrected chi connectivity index (χ3v) is 9.33. The van der Waals surface area contributed by atoms with Gasteiger partial charge in [0.25, 0.3) is 0 Å². The smallest absolute Gasteiger partial charge is 0.319 e. The van der Waals surface area contributed by atoms with E-state index >= 15 is 8.78 Å². The third kappa shape index (κ3) is 7.47. The molecule has 1 fully saturated rings. The molecule has 2 amide bonds. The summed E-state index contributed by atoms with van der Waals surface area (Å²) in [6.45, 7) is 10.9. The van der Waals surface area contributed by atoms with Crippen LogP contribution in [-0.4, -0.2) is 57.1 Å². The van der Waals surface area contributed by atoms with Crippen LogP contribution in [0.1, 0.15) is 12.5 Å². The van der Waals surface area contributed by atoms with Gasteiger partial charge in [-0.1, -0.05) is 26.6 Å². The lowest BCUT2D eigenvalue weighted by Crippen LogP contribution is -2.49. The average molecular weight is 650 g/mol. The molecule has 10 nitrogen and oxygen atoms in total. The molecule has 0 spiro atoms. The van der Waals surface area contributed by atoms with Gasteiger partial charge in [0.15, 0.2) is 17.4 Å². The van der Waals surface area contributed by atoms with E-state index in [1.165, 1.54) is 19.4 Å². The second kappa shape index (κ2) is 13.5. The summed E-state index contributed by atoms with van der Waals surface area (Å²) in [6.07, 6.45) is 3.26. The number of fused-ring (bicyclic) bond motifs is 1. The fraction of sp³-hybridized carbons (Fsp3) is 0.364. The van der Waals surface area contributed by atoms with Crippen molar-refractivity contribution in [1.29, 1.82) is 5.26 Å². The van der Waals surface area contributed by atoms with E-state index < -0.39 is 31.5 Å². The summed E-state index contributed by atoms with van der Waals surface area (Å²) < 4.78 is 54.9. The lowest BCUT2D eigenvalue weighted by atomic mass is 9.89. The summed E-state index contributed by atoms with van der Waals surface area (Å²) >= 11 is 0. The molecule has 4 aromatic rings. The Bertz CT molecular complexity index is 1770. The monoisotopic (exact) mass is 649 g/mol. The molecule has 13 heteroatoms. The van der Waals surface area contributed by atoms with Gasteiger partial charge in [-0.3, -0.25) is 0 Å². The van der Waals surface area contributed by atoms with E-state index in [0.717, 1.165) is 18.2 Å². The normalized spacial score (nSPS) is 14.0. The minimum atomic E-state index is -1.33. The number of anilines is 1. The zero-order chi connectivity index (χ0) is 33.1. The predicted octanol–water partition coefficient (Wildman–Crippen LogP) is 7.12. The first-order valence-corrected chi connectivity index (χ1v) is 18.5. The maximum atomic E-state index is 15.4. The number of benzene rings is 2. The molecule has 2 aromatic heterocycles. The zero-order valence-electron chi connectivity index (χ0n) is 26.5. The van der Waals surface area contributed by atoms with E-state index in [9.17, 15) is 10.1 Å². The fourth-order valence-electron chi connectivity index (χ4n) is 4.95. The topological polar surface area (TPSA) is 120 Å². The summed E-state index contributed by atoms with van der Waals surface area (Å²) in [5, 5.41) is 15.6. The van der Waals surface area contributed by atoms with Crippen LogP contribution in [0.4, 0.5) is 19.3 Å². The molecule has 5 rings (SSSR count). The molecule has 2 N–H and O–H groups in total. The molecule has 3 heterocycles. The Balaban J connectivity index is 1.47. The first-order chi connectivity index (χ1) is 21.9. The molecular weight excluding hydrogens is 612 g/mol. The number of halogens is 2. The quantitative estimate of drug-likeness (QED) is 0.124. The van der Waals surface area contributed by atoms with Crippen molar-refractivity contribution in [3.05, 3.63) is 66.0 Å². The van der Waals surface area contributed by atoms with Crippen molar-refractivity contribution in [2.75, 3.05) is 38.8 Å². The van der Waals surface area contributed by atoms with Crippen molar-refractivity contribution in [2.24, 2.45) is 5.41 Å². The van der Waals surface area contributed by atoms with E-state index in [1.54, 1.807) is 29.0 Å². The van der Waals surface area contributed by atoms with E-state index in [2.05, 4.69) is 41.3 Å². The molecule has 242 valence electrons. The highest BCUT2D eigenvalue weighted by Gasteiger charge is 2.33. The molecule has 1 aliphatic rings. The number of urea groups is 1. The van der Waals surface area contributed by atoms with Crippen molar-refractivity contribution < 1.29 is 32.5 Å². The highest BCUT2D eigenvalue weighted by molar-refractivity contribution is 6.76. The maximum Gasteiger partial charge on any atom is 0.319 e. The largest absolute Gasteiger partial charge is 0.497 e. The summed E-state index contributed by atoms with van der Waals surface area (Å²) in [5.41, 5.74) is 1.65. The van der Waals surface area contributed by atoms with Gasteiger partial charge in [-0.2, -0.15) is 5.26 Å². The number of rotatable bonds is 12. The van der Waals surface area contributed by atoms with Crippen molar-refractivity contribution in [1.82, 2.24) is 14.9 Å². The van der Waals surface area contributed by atoms with Gasteiger partial charge < -0.3 is 34.1 Å². The van der Waals surface area contributed by atoms with Gasteiger partial charge in [-0.25, -0.2) is 18.6 Å². The lowest BCUT2D eigenvalue weighted by Gasteiger charge is -2.37. The zero-order valence-corrected chi connectivity index (χ0v) is 27.5. The predicted molar refractivity (Wildman–Crippen MR) is 173 cm³/mol. The molecular formula is C33H37F2N5O5Si. The van der Waals surface area contributed by atoms with Gasteiger partial charge in [0.1, 0.15) is 23.9 Å². The molecule has 0 atom stereocenters. The number of aromatic nitrogens is 2. The Morgan fingerprint density at radius 2 is 1.89 bits per heavy atom. The standard InChI is InChI=1S/C33H37F2N5O5Si/c1-33(18-44-19-33)17-38-32(41)39-22-13-26(34)30(27(35)14-22)45-28-8-9-37-31-29(28)25(16-40(31)20-43-10-11-46(3,4)5)24-7-6-23(42-2)12-21(24)15-36/h6-9,12-14,16H,10-11,17-20H2,1-5H3,(H2,38,39,41). The van der Waals surface area contributed by atoms with Crippen LogP contribution in [0.15, 0.2) is 48.8 Å². The number of ether oxygens (including phenoxy) is 4. The van der Waals surface area contributed by atoms with Crippen molar-refractivity contribution >= 4 is 30.8 Å². The van der Waals surface area contributed by atoms with Gasteiger partial charge in [0.2, 0.25) is 0 Å². The van der Waals surface area contributed by atoms with Gasteiger partial charge in [0, 0.05) is 68.0 Å². The van der Waals surface area contributed by atoms with Gasteiger partial charge in [-0.15, -0.1) is 0 Å². The summed E-state index contributed by atoms with van der Waals surface area (Å²) in [4.78, 5) is 16.9. The number of hydrogen-bond acceptors (Lipinski definition) is 7. The van der Waals surface area contributed by atoms with Crippen LogP contribution in [0, 0.1) is 28.4 Å². The Kier molecular flexibility index (Phi) is 9.62. The van der Waals surface area contributed by atoms with Crippen LogP contribution < -0.4 is 20.1 Å². The van der Waals surface area contributed by atoms with Crippen LogP contribution in [-0.2, 0) is 16.2 Å². The maximum absolute atomic E-state index is 15.4. The number of amides is 2. The van der Waals surface area contributed by atoms with Crippen molar-refractivity contribution in [3.8, 4) is 34.4 Å². The van der Waals surface area contributed by atoms with E-state index in [1.807, 2.05) is 6.92 Å². The molecule has 1 saturated heterocycles. The first kappa shape index (κ1) is 32.9. The summed E-state index contributed by atoms with van der Waals surface area (Å²) in [5.74, 6) is -2.06. The number of hydrogen-bond donors (Lipinski definition) is 2. The van der Waals surface area contributed by atoms with Crippen LogP contribution in [0.3, 0.4) is 0 Å². The second-order valence-electron chi connectivity index (χ2n) is 12.9. The fourth-order valence-corrected chi connectivity index (χ4v) is 5.71. The van der Waals surface area contributed by atoms with Gasteiger partial charge in [0.05, 0.1) is 37.3 Å². The number of carbonyl (C=O) groups excluding carboxylic acids is 1. The molecule has 0 saturated carbocycles. The van der Waals surface area contributed by atoms with Crippen molar-refractivity contribution in [3.63, 3.8) is 0 Å².